The Bertz CT molecular complexity index is 300. The molecule has 148 valence electrons. The van der Waals surface area contributed by atoms with Crippen molar-refractivity contribution in [3.05, 3.63) is 0 Å². The van der Waals surface area contributed by atoms with Gasteiger partial charge in [-0.05, 0) is 25.7 Å². The van der Waals surface area contributed by atoms with E-state index in [9.17, 15) is 4.79 Å². The fourth-order valence-electron chi connectivity index (χ4n) is 3.90. The van der Waals surface area contributed by atoms with Crippen molar-refractivity contribution < 1.29 is 9.53 Å². The van der Waals surface area contributed by atoms with E-state index in [2.05, 4.69) is 6.92 Å². The summed E-state index contributed by atoms with van der Waals surface area (Å²) in [6.07, 6.45) is 26.6. The predicted molar refractivity (Wildman–Crippen MR) is 108 cm³/mol. The maximum Gasteiger partial charge on any atom is 0.306 e. The van der Waals surface area contributed by atoms with Gasteiger partial charge in [-0.15, -0.1) is 0 Å². The molecule has 2 heteroatoms. The Morgan fingerprint density at radius 3 is 1.60 bits per heavy atom. The molecule has 0 spiro atoms. The number of unbranched alkanes of at least 4 members (excludes halogenated alkanes) is 15. The summed E-state index contributed by atoms with van der Waals surface area (Å²) in [7, 11) is 0. The van der Waals surface area contributed by atoms with Crippen LogP contribution in [0.1, 0.15) is 135 Å². The molecular weight excluding hydrogens is 308 g/mol. The Balaban J connectivity index is 1.70. The van der Waals surface area contributed by atoms with Crippen molar-refractivity contribution in [2.75, 3.05) is 0 Å². The van der Waals surface area contributed by atoms with Crippen molar-refractivity contribution in [3.63, 3.8) is 0 Å². The van der Waals surface area contributed by atoms with E-state index >= 15 is 0 Å². The standard InChI is InChI=1S/C23H44O2/c1-2-3-4-5-6-7-8-9-10-11-12-13-14-15-16-17-19-22-20-18-21-23(24)25-22/h22H,2-21H2,1H3/t22-/m0/s1. The molecular formula is C23H44O2. The second-order valence-electron chi connectivity index (χ2n) is 8.10. The molecule has 1 aliphatic heterocycles. The van der Waals surface area contributed by atoms with E-state index in [0.717, 1.165) is 19.3 Å². The number of ether oxygens (including phenoxy) is 1. The quantitative estimate of drug-likeness (QED) is 0.198. The third-order valence-corrected chi connectivity index (χ3v) is 5.58. The summed E-state index contributed by atoms with van der Waals surface area (Å²) in [5.74, 6) is 0.0211. The van der Waals surface area contributed by atoms with Crippen LogP contribution in [-0.2, 0) is 9.53 Å². The molecule has 0 saturated carbocycles. The van der Waals surface area contributed by atoms with Crippen LogP contribution in [0.3, 0.4) is 0 Å². The van der Waals surface area contributed by atoms with Gasteiger partial charge in [-0.1, -0.05) is 103 Å². The lowest BCUT2D eigenvalue weighted by molar-refractivity contribution is -0.154. The minimum absolute atomic E-state index is 0.0211. The van der Waals surface area contributed by atoms with Gasteiger partial charge in [0, 0.05) is 6.42 Å². The van der Waals surface area contributed by atoms with E-state index in [0.29, 0.717) is 6.42 Å². The molecule has 1 atom stereocenters. The van der Waals surface area contributed by atoms with Crippen LogP contribution in [0.5, 0.6) is 0 Å². The maximum absolute atomic E-state index is 11.2. The molecule has 1 heterocycles. The van der Waals surface area contributed by atoms with Gasteiger partial charge in [0.05, 0.1) is 0 Å². The molecule has 2 nitrogen and oxygen atoms in total. The summed E-state index contributed by atoms with van der Waals surface area (Å²) >= 11 is 0. The lowest BCUT2D eigenvalue weighted by Gasteiger charge is -2.21. The average Bonchev–Trinajstić information content (AvgIpc) is 2.61. The van der Waals surface area contributed by atoms with Crippen LogP contribution in [-0.4, -0.2) is 12.1 Å². The van der Waals surface area contributed by atoms with E-state index in [1.807, 2.05) is 0 Å². The first-order valence-corrected chi connectivity index (χ1v) is 11.5. The summed E-state index contributed by atoms with van der Waals surface area (Å²) in [6.45, 7) is 2.29. The van der Waals surface area contributed by atoms with Crippen molar-refractivity contribution >= 4 is 5.97 Å². The molecule has 1 aliphatic rings. The SMILES string of the molecule is CCCCCCCCCCCCCCCCCC[C@H]1CCCC(=O)O1. The highest BCUT2D eigenvalue weighted by molar-refractivity contribution is 5.70. The molecule has 0 aromatic carbocycles. The summed E-state index contributed by atoms with van der Waals surface area (Å²) in [6, 6.07) is 0. The molecule has 0 unspecified atom stereocenters. The van der Waals surface area contributed by atoms with Crippen molar-refractivity contribution in [1.29, 1.82) is 0 Å². The molecule has 0 aromatic rings. The van der Waals surface area contributed by atoms with Crippen molar-refractivity contribution in [2.45, 2.75) is 141 Å². The highest BCUT2D eigenvalue weighted by atomic mass is 16.5. The van der Waals surface area contributed by atoms with Gasteiger partial charge in [0.1, 0.15) is 6.10 Å². The first kappa shape index (κ1) is 22.5. The number of cyclic esters (lactones) is 1. The van der Waals surface area contributed by atoms with E-state index in [4.69, 9.17) is 4.74 Å². The second-order valence-corrected chi connectivity index (χ2v) is 8.10. The van der Waals surface area contributed by atoms with Gasteiger partial charge in [0.15, 0.2) is 0 Å². The maximum atomic E-state index is 11.2. The molecule has 0 radical (unpaired) electrons. The van der Waals surface area contributed by atoms with E-state index in [1.54, 1.807) is 0 Å². The lowest BCUT2D eigenvalue weighted by atomic mass is 10.0. The van der Waals surface area contributed by atoms with Crippen LogP contribution >= 0.6 is 0 Å². The fourth-order valence-corrected chi connectivity index (χ4v) is 3.90. The average molecular weight is 353 g/mol. The summed E-state index contributed by atoms with van der Waals surface area (Å²) in [5, 5.41) is 0. The number of hydrogen-bond donors (Lipinski definition) is 0. The minimum atomic E-state index is 0.0211. The van der Waals surface area contributed by atoms with Gasteiger partial charge in [-0.3, -0.25) is 4.79 Å². The van der Waals surface area contributed by atoms with Crippen LogP contribution in [0, 0.1) is 0 Å². The molecule has 0 aromatic heterocycles. The minimum Gasteiger partial charge on any atom is -0.462 e. The van der Waals surface area contributed by atoms with Gasteiger partial charge < -0.3 is 4.74 Å². The molecule has 1 fully saturated rings. The van der Waals surface area contributed by atoms with Crippen LogP contribution in [0.25, 0.3) is 0 Å². The summed E-state index contributed by atoms with van der Waals surface area (Å²) in [5.41, 5.74) is 0. The topological polar surface area (TPSA) is 26.3 Å². The predicted octanol–water partition coefficient (Wildman–Crippen LogP) is 7.73. The molecule has 1 saturated heterocycles. The summed E-state index contributed by atoms with van der Waals surface area (Å²) < 4.78 is 5.37. The number of hydrogen-bond acceptors (Lipinski definition) is 2. The van der Waals surface area contributed by atoms with Gasteiger partial charge in [-0.25, -0.2) is 0 Å². The number of carbonyl (C=O) groups excluding carboxylic acids is 1. The van der Waals surface area contributed by atoms with Gasteiger partial charge in [-0.2, -0.15) is 0 Å². The first-order valence-electron chi connectivity index (χ1n) is 11.5. The first-order chi connectivity index (χ1) is 12.3. The van der Waals surface area contributed by atoms with Gasteiger partial charge in [0.2, 0.25) is 0 Å². The third kappa shape index (κ3) is 14.3. The highest BCUT2D eigenvalue weighted by Gasteiger charge is 2.19. The zero-order valence-electron chi connectivity index (χ0n) is 17.0. The molecule has 0 amide bonds. The molecule has 25 heavy (non-hydrogen) atoms. The largest absolute Gasteiger partial charge is 0.462 e. The third-order valence-electron chi connectivity index (χ3n) is 5.58. The zero-order valence-corrected chi connectivity index (χ0v) is 17.0. The molecule has 0 bridgehead atoms. The Labute approximate surface area is 157 Å². The van der Waals surface area contributed by atoms with E-state index in [-0.39, 0.29) is 12.1 Å². The smallest absolute Gasteiger partial charge is 0.306 e. The number of rotatable bonds is 17. The monoisotopic (exact) mass is 352 g/mol. The van der Waals surface area contributed by atoms with Gasteiger partial charge in [0.25, 0.3) is 0 Å². The molecule has 1 rings (SSSR count). The van der Waals surface area contributed by atoms with Crippen LogP contribution in [0.15, 0.2) is 0 Å². The van der Waals surface area contributed by atoms with Crippen molar-refractivity contribution in [1.82, 2.24) is 0 Å². The van der Waals surface area contributed by atoms with Crippen LogP contribution < -0.4 is 0 Å². The molecule has 0 aliphatic carbocycles. The number of carbonyl (C=O) groups is 1. The van der Waals surface area contributed by atoms with Crippen molar-refractivity contribution in [3.8, 4) is 0 Å². The van der Waals surface area contributed by atoms with Crippen molar-refractivity contribution in [2.24, 2.45) is 0 Å². The zero-order chi connectivity index (χ0) is 18.0. The van der Waals surface area contributed by atoms with Crippen LogP contribution in [0.2, 0.25) is 0 Å². The van der Waals surface area contributed by atoms with E-state index < -0.39 is 0 Å². The lowest BCUT2D eigenvalue weighted by Crippen LogP contribution is -2.23. The Morgan fingerprint density at radius 1 is 0.720 bits per heavy atom. The Kier molecular flexibility index (Phi) is 15.2. The Morgan fingerprint density at radius 2 is 1.16 bits per heavy atom. The highest BCUT2D eigenvalue weighted by Crippen LogP contribution is 2.20. The summed E-state index contributed by atoms with van der Waals surface area (Å²) in [4.78, 5) is 11.2. The van der Waals surface area contributed by atoms with Crippen LogP contribution in [0.4, 0.5) is 0 Å². The fraction of sp³-hybridized carbons (Fsp3) is 0.957. The molecule has 0 N–H and O–H groups in total. The normalized spacial score (nSPS) is 17.6. The van der Waals surface area contributed by atoms with Gasteiger partial charge >= 0.3 is 5.97 Å². The Hall–Kier alpha value is -0.530. The second kappa shape index (κ2) is 16.9. The number of esters is 1. The van der Waals surface area contributed by atoms with E-state index in [1.165, 1.54) is 103 Å².